The van der Waals surface area contributed by atoms with Crippen LogP contribution in [0.5, 0.6) is 0 Å². The van der Waals surface area contributed by atoms with Gasteiger partial charge in [-0.1, -0.05) is 6.92 Å². The first-order valence-corrected chi connectivity index (χ1v) is 2.80. The first kappa shape index (κ1) is 17.4. The number of aromatic nitrogens is 2. The highest BCUT2D eigenvalue weighted by Crippen LogP contribution is 1.92. The Labute approximate surface area is 90.3 Å². The number of halogens is 2. The fourth-order valence-electron chi connectivity index (χ4n) is 0.737. The zero-order valence-corrected chi connectivity index (χ0v) is 7.71. The number of nitrogens with zero attached hydrogens (tertiary/aromatic N) is 2. The van der Waals surface area contributed by atoms with Gasteiger partial charge in [-0.3, -0.25) is 0 Å². The summed E-state index contributed by atoms with van der Waals surface area (Å²) in [4.78, 5) is 4.10. The molecule has 0 fully saturated rings. The number of hydrogen-bond donors (Lipinski definition) is 0. The molecule has 0 amide bonds. The minimum atomic E-state index is 0. The molecule has 11 heavy (non-hydrogen) atoms. The molecule has 0 aliphatic carbocycles. The third-order valence-corrected chi connectivity index (χ3v) is 1.24. The Hall–Kier alpha value is 0.322. The van der Waals surface area contributed by atoms with Crippen molar-refractivity contribution in [1.82, 2.24) is 9.55 Å². The van der Waals surface area contributed by atoms with E-state index in [2.05, 4.69) is 11.9 Å². The highest BCUT2D eigenvalue weighted by molar-refractivity contribution is 5.85. The van der Waals surface area contributed by atoms with E-state index in [9.17, 15) is 0 Å². The lowest BCUT2D eigenvalue weighted by Gasteiger charge is -1.92. The van der Waals surface area contributed by atoms with Gasteiger partial charge in [0.2, 0.25) is 0 Å². The first-order chi connectivity index (χ1) is 3.84. The minimum Gasteiger partial charge on any atom is -0.338 e. The van der Waals surface area contributed by atoms with E-state index in [0.29, 0.717) is 0 Å². The van der Waals surface area contributed by atoms with E-state index in [-0.39, 0.29) is 42.2 Å². The molecule has 0 radical (unpaired) electrons. The van der Waals surface area contributed by atoms with E-state index in [1.54, 1.807) is 0 Å². The van der Waals surface area contributed by atoms with Crippen LogP contribution in [0.15, 0.2) is 12.4 Å². The van der Waals surface area contributed by atoms with Gasteiger partial charge in [0, 0.05) is 25.9 Å². The topological polar surface area (TPSA) is 17.8 Å². The van der Waals surface area contributed by atoms with E-state index in [1.165, 1.54) is 0 Å². The molecule has 0 aliphatic rings. The van der Waals surface area contributed by atoms with Crippen LogP contribution in [-0.4, -0.2) is 26.9 Å². The molecule has 2 nitrogen and oxygen atoms in total. The molecule has 0 unspecified atom stereocenters. The van der Waals surface area contributed by atoms with Crippen molar-refractivity contribution in [3.8, 4) is 0 Å². The minimum absolute atomic E-state index is 0. The van der Waals surface area contributed by atoms with Crippen molar-refractivity contribution in [2.45, 2.75) is 13.3 Å². The maximum atomic E-state index is 4.10. The molecule has 5 heteroatoms. The van der Waals surface area contributed by atoms with Gasteiger partial charge in [0.05, 0.1) is 0 Å². The molecule has 0 saturated carbocycles. The van der Waals surface area contributed by atoms with Crippen LogP contribution in [0.25, 0.3) is 0 Å². The van der Waals surface area contributed by atoms with Crippen LogP contribution in [0, 0.1) is 0 Å². The van der Waals surface area contributed by atoms with Crippen molar-refractivity contribution in [3.05, 3.63) is 18.2 Å². The number of rotatable bonds is 1. The van der Waals surface area contributed by atoms with Crippen molar-refractivity contribution < 1.29 is 0 Å². The molecular weight excluding hydrogens is 198 g/mol. The molecule has 0 aliphatic heterocycles. The van der Waals surface area contributed by atoms with Crippen molar-refractivity contribution >= 4 is 42.2 Å². The predicted molar refractivity (Wildman–Crippen MR) is 57.0 cm³/mol. The third-order valence-electron chi connectivity index (χ3n) is 1.24. The Morgan fingerprint density at radius 1 is 1.45 bits per heavy atom. The normalized spacial score (nSPS) is 7.09. The second-order valence-corrected chi connectivity index (χ2v) is 1.81. The Kier molecular flexibility index (Phi) is 13.3. The van der Waals surface area contributed by atoms with Gasteiger partial charge in [0.1, 0.15) is 5.82 Å². The quantitative estimate of drug-likeness (QED) is 0.626. The average Bonchev–Trinajstić information content (AvgIpc) is 2.14. The van der Waals surface area contributed by atoms with E-state index in [0.717, 1.165) is 12.2 Å². The summed E-state index contributed by atoms with van der Waals surface area (Å²) in [7, 11) is 2.01. The van der Waals surface area contributed by atoms with Gasteiger partial charge < -0.3 is 4.57 Å². The molecule has 0 N–H and O–H groups in total. The van der Waals surface area contributed by atoms with Crippen LogP contribution < -0.4 is 0 Å². The van der Waals surface area contributed by atoms with Crippen LogP contribution in [-0.2, 0) is 13.5 Å². The second kappa shape index (κ2) is 8.42. The summed E-state index contributed by atoms with van der Waals surface area (Å²) in [5, 5.41) is 0. The van der Waals surface area contributed by atoms with E-state index >= 15 is 0 Å². The van der Waals surface area contributed by atoms with E-state index in [4.69, 9.17) is 0 Å². The highest BCUT2D eigenvalue weighted by atomic mass is 35.5. The molecule has 1 heterocycles. The molecule has 1 aromatic rings. The highest BCUT2D eigenvalue weighted by Gasteiger charge is 1.90. The van der Waals surface area contributed by atoms with Crippen molar-refractivity contribution in [1.29, 1.82) is 0 Å². The fourth-order valence-corrected chi connectivity index (χ4v) is 0.737. The second-order valence-electron chi connectivity index (χ2n) is 1.81. The summed E-state index contributed by atoms with van der Waals surface area (Å²) in [5.41, 5.74) is 0. The lowest BCUT2D eigenvalue weighted by Crippen LogP contribution is -1.92. The molecule has 0 saturated heterocycles. The lowest BCUT2D eigenvalue weighted by molar-refractivity contribution is 0.808. The van der Waals surface area contributed by atoms with Crippen molar-refractivity contribution in [2.24, 2.45) is 7.05 Å². The van der Waals surface area contributed by atoms with Crippen LogP contribution >= 0.6 is 24.8 Å². The lowest BCUT2D eigenvalue weighted by atomic mass is 10.5. The predicted octanol–water partition coefficient (Wildman–Crippen LogP) is 0.642. The van der Waals surface area contributed by atoms with E-state index < -0.39 is 0 Å². The zero-order chi connectivity index (χ0) is 5.98. The standard InChI is InChI=1S/C6H10N2.Al.2ClH.3H/c1-3-6-7-4-5-8(6)2;;;;;;/h4-5H,3H2,1-2H3;;2*1H;;;. The third kappa shape index (κ3) is 4.71. The van der Waals surface area contributed by atoms with Crippen LogP contribution in [0.3, 0.4) is 0 Å². The monoisotopic (exact) mass is 212 g/mol. The summed E-state index contributed by atoms with van der Waals surface area (Å²) in [6, 6.07) is 0. The summed E-state index contributed by atoms with van der Waals surface area (Å²) >= 11 is 0. The van der Waals surface area contributed by atoms with Crippen molar-refractivity contribution in [3.63, 3.8) is 0 Å². The van der Waals surface area contributed by atoms with E-state index in [1.807, 2.05) is 24.0 Å². The summed E-state index contributed by atoms with van der Waals surface area (Å²) in [6.07, 6.45) is 4.79. The zero-order valence-electron chi connectivity index (χ0n) is 6.07. The van der Waals surface area contributed by atoms with Gasteiger partial charge in [0.25, 0.3) is 0 Å². The average molecular weight is 213 g/mol. The molecule has 0 atom stereocenters. The maximum absolute atomic E-state index is 4.10. The Bertz CT molecular complexity index is 179. The maximum Gasteiger partial charge on any atom is 0.187 e. The molecular formula is C6H15AlCl2N2. The van der Waals surface area contributed by atoms with Gasteiger partial charge in [0.15, 0.2) is 17.4 Å². The Balaban J connectivity index is -0.000000213. The summed E-state index contributed by atoms with van der Waals surface area (Å²) in [6.45, 7) is 2.10. The molecule has 0 spiro atoms. The number of aryl methyl sites for hydroxylation is 2. The van der Waals surface area contributed by atoms with Gasteiger partial charge >= 0.3 is 0 Å². The van der Waals surface area contributed by atoms with Gasteiger partial charge in [-0.15, -0.1) is 24.8 Å². The van der Waals surface area contributed by atoms with Gasteiger partial charge in [-0.2, -0.15) is 0 Å². The molecule has 1 aromatic heterocycles. The van der Waals surface area contributed by atoms with Crippen molar-refractivity contribution in [2.75, 3.05) is 0 Å². The SMILES string of the molecule is CCc1nccn1C.Cl.Cl.[AlH3]. The Morgan fingerprint density at radius 3 is 2.18 bits per heavy atom. The molecule has 1 rings (SSSR count). The number of hydrogen-bond acceptors (Lipinski definition) is 1. The smallest absolute Gasteiger partial charge is 0.187 e. The molecule has 0 bridgehead atoms. The van der Waals surface area contributed by atoms with Crippen LogP contribution in [0.1, 0.15) is 12.7 Å². The first-order valence-electron chi connectivity index (χ1n) is 2.80. The summed E-state index contributed by atoms with van der Waals surface area (Å²) in [5.74, 6) is 1.14. The van der Waals surface area contributed by atoms with Gasteiger partial charge in [-0.05, 0) is 0 Å². The molecule has 66 valence electrons. The fraction of sp³-hybridized carbons (Fsp3) is 0.500. The van der Waals surface area contributed by atoms with Gasteiger partial charge in [-0.25, -0.2) is 4.98 Å². The number of imidazole rings is 1. The Morgan fingerprint density at radius 2 is 2.00 bits per heavy atom. The van der Waals surface area contributed by atoms with Crippen LogP contribution in [0.4, 0.5) is 0 Å². The van der Waals surface area contributed by atoms with Crippen LogP contribution in [0.2, 0.25) is 0 Å². The summed E-state index contributed by atoms with van der Waals surface area (Å²) < 4.78 is 2.03. The largest absolute Gasteiger partial charge is 0.338 e. The molecule has 0 aromatic carbocycles.